The summed E-state index contributed by atoms with van der Waals surface area (Å²) in [5, 5.41) is 0.305. The van der Waals surface area contributed by atoms with E-state index in [0.29, 0.717) is 29.5 Å². The molecule has 18 heavy (non-hydrogen) atoms. The van der Waals surface area contributed by atoms with E-state index in [-0.39, 0.29) is 11.7 Å². The first kappa shape index (κ1) is 15.2. The predicted molar refractivity (Wildman–Crippen MR) is 74.5 cm³/mol. The van der Waals surface area contributed by atoms with Crippen LogP contribution in [0.2, 0.25) is 0 Å². The Labute approximate surface area is 120 Å². The Morgan fingerprint density at radius 2 is 2.11 bits per heavy atom. The molecule has 0 radical (unpaired) electrons. The van der Waals surface area contributed by atoms with Gasteiger partial charge in [0.15, 0.2) is 0 Å². The molecule has 0 saturated carbocycles. The van der Waals surface area contributed by atoms with Crippen molar-refractivity contribution in [1.29, 1.82) is 0 Å². The third kappa shape index (κ3) is 4.10. The first-order chi connectivity index (χ1) is 8.62. The highest BCUT2D eigenvalue weighted by Gasteiger charge is 2.13. The Balaban J connectivity index is 3.01. The number of esters is 1. The molecule has 1 rings (SSSR count). The maximum Gasteiger partial charge on any atom is 0.338 e. The number of halogens is 2. The van der Waals surface area contributed by atoms with Crippen molar-refractivity contribution in [2.75, 3.05) is 11.9 Å². The zero-order valence-corrected chi connectivity index (χ0v) is 12.4. The van der Waals surface area contributed by atoms with E-state index in [1.807, 2.05) is 0 Å². The number of alkyl halides is 2. The minimum atomic E-state index is -0.402. The molecule has 0 aliphatic rings. The second kappa shape index (κ2) is 7.54. The van der Waals surface area contributed by atoms with Gasteiger partial charge in [-0.25, -0.2) is 4.79 Å². The normalized spacial score (nSPS) is 10.2. The fraction of sp³-hybridized carbons (Fsp3) is 0.385. The minimum absolute atomic E-state index is 0.0587. The summed E-state index contributed by atoms with van der Waals surface area (Å²) in [6.45, 7) is 2.06. The highest BCUT2D eigenvalue weighted by atomic mass is 79.9. The lowest BCUT2D eigenvalue weighted by atomic mass is 10.0. The number of ketones is 1. The van der Waals surface area contributed by atoms with Crippen LogP contribution in [0.5, 0.6) is 0 Å². The summed E-state index contributed by atoms with van der Waals surface area (Å²) >= 11 is 8.89. The fourth-order valence-corrected chi connectivity index (χ4v) is 1.96. The molecule has 0 N–H and O–H groups in total. The van der Waals surface area contributed by atoms with E-state index < -0.39 is 5.97 Å². The first-order valence-electron chi connectivity index (χ1n) is 5.54. The van der Waals surface area contributed by atoms with Gasteiger partial charge in [-0.1, -0.05) is 28.1 Å². The van der Waals surface area contributed by atoms with Gasteiger partial charge in [-0.2, -0.15) is 0 Å². The maximum absolute atomic E-state index is 11.8. The molecule has 0 heterocycles. The molecule has 0 atom stereocenters. The number of rotatable bonds is 6. The molecule has 1 aromatic carbocycles. The third-order valence-corrected chi connectivity index (χ3v) is 3.28. The molecule has 0 spiro atoms. The van der Waals surface area contributed by atoms with Crippen LogP contribution in [0.15, 0.2) is 18.2 Å². The van der Waals surface area contributed by atoms with E-state index in [0.717, 1.165) is 5.56 Å². The molecule has 0 unspecified atom stereocenters. The van der Waals surface area contributed by atoms with Crippen molar-refractivity contribution in [3.63, 3.8) is 0 Å². The van der Waals surface area contributed by atoms with E-state index >= 15 is 0 Å². The van der Waals surface area contributed by atoms with Gasteiger partial charge in [0.05, 0.1) is 17.5 Å². The van der Waals surface area contributed by atoms with Gasteiger partial charge >= 0.3 is 5.97 Å². The number of hydrogen-bond donors (Lipinski definition) is 0. The van der Waals surface area contributed by atoms with Gasteiger partial charge in [0.25, 0.3) is 0 Å². The Morgan fingerprint density at radius 3 is 2.67 bits per heavy atom. The molecular weight excluding hydrogens is 319 g/mol. The summed E-state index contributed by atoms with van der Waals surface area (Å²) < 4.78 is 4.96. The molecule has 0 aromatic heterocycles. The molecule has 0 saturated heterocycles. The van der Waals surface area contributed by atoms with Crippen molar-refractivity contribution < 1.29 is 14.3 Å². The average molecular weight is 334 g/mol. The summed E-state index contributed by atoms with van der Waals surface area (Å²) in [5.41, 5.74) is 1.94. The summed E-state index contributed by atoms with van der Waals surface area (Å²) in [6.07, 6.45) is 0.292. The van der Waals surface area contributed by atoms with E-state index in [9.17, 15) is 9.59 Å². The standard InChI is InChI=1S/C13H14BrClO3/c1-2-18-13(17)12-6-9(5-11(16)7-14)3-4-10(12)8-15/h3-4,6H,2,5,7-8H2,1H3. The van der Waals surface area contributed by atoms with Gasteiger partial charge in [0, 0.05) is 12.3 Å². The first-order valence-corrected chi connectivity index (χ1v) is 7.20. The Morgan fingerprint density at radius 1 is 1.39 bits per heavy atom. The van der Waals surface area contributed by atoms with Crippen molar-refractivity contribution in [2.45, 2.75) is 19.2 Å². The van der Waals surface area contributed by atoms with Crippen LogP contribution in [-0.2, 0) is 21.8 Å². The molecule has 0 fully saturated rings. The lowest BCUT2D eigenvalue weighted by molar-refractivity contribution is -0.115. The monoisotopic (exact) mass is 332 g/mol. The van der Waals surface area contributed by atoms with Crippen molar-refractivity contribution in [3.8, 4) is 0 Å². The van der Waals surface area contributed by atoms with Crippen molar-refractivity contribution in [1.82, 2.24) is 0 Å². The highest BCUT2D eigenvalue weighted by molar-refractivity contribution is 9.09. The Bertz CT molecular complexity index is 446. The highest BCUT2D eigenvalue weighted by Crippen LogP contribution is 2.16. The molecular formula is C13H14BrClO3. The quantitative estimate of drug-likeness (QED) is 0.593. The van der Waals surface area contributed by atoms with Crippen molar-refractivity contribution >= 4 is 39.3 Å². The molecule has 0 aliphatic heterocycles. The largest absolute Gasteiger partial charge is 0.462 e. The van der Waals surface area contributed by atoms with Gasteiger partial charge in [-0.15, -0.1) is 11.6 Å². The van der Waals surface area contributed by atoms with E-state index in [1.165, 1.54) is 0 Å². The van der Waals surface area contributed by atoms with Crippen LogP contribution >= 0.6 is 27.5 Å². The summed E-state index contributed by atoms with van der Waals surface area (Å²) in [7, 11) is 0. The molecule has 98 valence electrons. The second-order valence-corrected chi connectivity index (χ2v) is 4.52. The number of benzene rings is 1. The van der Waals surface area contributed by atoms with E-state index in [2.05, 4.69) is 15.9 Å². The zero-order chi connectivity index (χ0) is 13.5. The number of carbonyl (C=O) groups is 2. The van der Waals surface area contributed by atoms with Gasteiger partial charge in [0.2, 0.25) is 0 Å². The average Bonchev–Trinajstić information content (AvgIpc) is 2.38. The third-order valence-electron chi connectivity index (χ3n) is 2.36. The molecule has 5 heteroatoms. The topological polar surface area (TPSA) is 43.4 Å². The Kier molecular flexibility index (Phi) is 6.36. The molecule has 3 nitrogen and oxygen atoms in total. The summed E-state index contributed by atoms with van der Waals surface area (Å²) in [5.74, 6) is -0.106. The number of hydrogen-bond acceptors (Lipinski definition) is 3. The van der Waals surface area contributed by atoms with Crippen LogP contribution in [-0.4, -0.2) is 23.7 Å². The zero-order valence-electron chi connectivity index (χ0n) is 10.0. The lowest BCUT2D eigenvalue weighted by Crippen LogP contribution is -2.10. The number of ether oxygens (including phenoxy) is 1. The molecule has 0 aliphatic carbocycles. The van der Waals surface area contributed by atoms with Gasteiger partial charge in [-0.3, -0.25) is 4.79 Å². The second-order valence-electron chi connectivity index (χ2n) is 3.69. The van der Waals surface area contributed by atoms with Crippen LogP contribution in [0.1, 0.15) is 28.4 Å². The van der Waals surface area contributed by atoms with Crippen LogP contribution < -0.4 is 0 Å². The van der Waals surface area contributed by atoms with Gasteiger partial charge in [-0.05, 0) is 24.1 Å². The van der Waals surface area contributed by atoms with E-state index in [4.69, 9.17) is 16.3 Å². The smallest absolute Gasteiger partial charge is 0.338 e. The molecule has 1 aromatic rings. The Hall–Kier alpha value is -0.870. The fourth-order valence-electron chi connectivity index (χ4n) is 1.52. The predicted octanol–water partition coefficient (Wildman–Crippen LogP) is 3.11. The van der Waals surface area contributed by atoms with Crippen LogP contribution in [0.3, 0.4) is 0 Å². The SMILES string of the molecule is CCOC(=O)c1cc(CC(=O)CBr)ccc1CCl. The van der Waals surface area contributed by atoms with E-state index in [1.54, 1.807) is 25.1 Å². The summed E-state index contributed by atoms with van der Waals surface area (Å²) in [4.78, 5) is 23.1. The lowest BCUT2D eigenvalue weighted by Gasteiger charge is -2.08. The summed E-state index contributed by atoms with van der Waals surface area (Å²) in [6, 6.07) is 5.24. The minimum Gasteiger partial charge on any atom is -0.462 e. The van der Waals surface area contributed by atoms with Crippen molar-refractivity contribution in [2.24, 2.45) is 0 Å². The van der Waals surface area contributed by atoms with Gasteiger partial charge in [0.1, 0.15) is 5.78 Å². The number of carbonyl (C=O) groups excluding carboxylic acids is 2. The van der Waals surface area contributed by atoms with Crippen LogP contribution in [0.4, 0.5) is 0 Å². The van der Waals surface area contributed by atoms with Crippen molar-refractivity contribution in [3.05, 3.63) is 34.9 Å². The number of Topliss-reactive ketones (excluding diaryl/α,β-unsaturated/α-hetero) is 1. The van der Waals surface area contributed by atoms with Crippen LogP contribution in [0, 0.1) is 0 Å². The van der Waals surface area contributed by atoms with Crippen LogP contribution in [0.25, 0.3) is 0 Å². The molecule has 0 amide bonds. The molecule has 0 bridgehead atoms. The maximum atomic E-state index is 11.8. The van der Waals surface area contributed by atoms with Gasteiger partial charge < -0.3 is 4.74 Å².